The fourth-order valence-corrected chi connectivity index (χ4v) is 2.60. The van der Waals surface area contributed by atoms with Crippen molar-refractivity contribution in [3.8, 4) is 0 Å². The van der Waals surface area contributed by atoms with Gasteiger partial charge in [-0.05, 0) is 31.2 Å². The van der Waals surface area contributed by atoms with Crippen LogP contribution < -0.4 is 10.2 Å². The highest BCUT2D eigenvalue weighted by molar-refractivity contribution is 5.57. The molecule has 1 atom stereocenters. The van der Waals surface area contributed by atoms with Crippen LogP contribution in [-0.2, 0) is 12.7 Å². The van der Waals surface area contributed by atoms with Crippen molar-refractivity contribution in [2.24, 2.45) is 5.92 Å². The minimum Gasteiger partial charge on any atom is -0.396 e. The number of rotatable bonds is 4. The molecule has 0 spiro atoms. The van der Waals surface area contributed by atoms with Gasteiger partial charge in [0.05, 0.1) is 5.56 Å². The molecular formula is C14H19F3N2O. The number of aliphatic hydroxyl groups is 1. The molecule has 0 radical (unpaired) electrons. The van der Waals surface area contributed by atoms with E-state index in [0.717, 1.165) is 6.42 Å². The Morgan fingerprint density at radius 2 is 2.15 bits per heavy atom. The monoisotopic (exact) mass is 288 g/mol. The van der Waals surface area contributed by atoms with Crippen molar-refractivity contribution in [1.82, 2.24) is 5.32 Å². The first kappa shape index (κ1) is 15.1. The Morgan fingerprint density at radius 3 is 2.70 bits per heavy atom. The molecule has 1 heterocycles. The molecule has 6 heteroatoms. The number of aliphatic hydroxyl groups excluding tert-OH is 1. The van der Waals surface area contributed by atoms with Gasteiger partial charge in [0.25, 0.3) is 0 Å². The van der Waals surface area contributed by atoms with E-state index in [0.29, 0.717) is 25.2 Å². The number of benzene rings is 1. The minimum atomic E-state index is -4.36. The first-order valence-corrected chi connectivity index (χ1v) is 6.66. The summed E-state index contributed by atoms with van der Waals surface area (Å²) in [6.45, 7) is 1.46. The number of halogens is 3. The minimum absolute atomic E-state index is 0.0235. The van der Waals surface area contributed by atoms with E-state index in [1.807, 2.05) is 0 Å². The average Bonchev–Trinajstić information content (AvgIpc) is 2.87. The van der Waals surface area contributed by atoms with E-state index >= 15 is 0 Å². The smallest absolute Gasteiger partial charge is 0.396 e. The Labute approximate surface area is 116 Å². The fraction of sp³-hybridized carbons (Fsp3) is 0.571. The van der Waals surface area contributed by atoms with Crippen LogP contribution in [-0.4, -0.2) is 31.9 Å². The molecule has 0 aliphatic carbocycles. The highest BCUT2D eigenvalue weighted by Gasteiger charge is 2.36. The van der Waals surface area contributed by atoms with Crippen molar-refractivity contribution >= 4 is 5.69 Å². The van der Waals surface area contributed by atoms with E-state index in [9.17, 15) is 13.2 Å². The van der Waals surface area contributed by atoms with Gasteiger partial charge in [-0.3, -0.25) is 0 Å². The lowest BCUT2D eigenvalue weighted by atomic mass is 10.1. The zero-order valence-electron chi connectivity index (χ0n) is 11.4. The van der Waals surface area contributed by atoms with Crippen LogP contribution in [0, 0.1) is 5.92 Å². The molecule has 1 aromatic carbocycles. The van der Waals surface area contributed by atoms with E-state index in [2.05, 4.69) is 5.32 Å². The molecule has 1 aliphatic heterocycles. The van der Waals surface area contributed by atoms with Crippen LogP contribution in [0.25, 0.3) is 0 Å². The van der Waals surface area contributed by atoms with Gasteiger partial charge in [-0.1, -0.05) is 6.07 Å². The summed E-state index contributed by atoms with van der Waals surface area (Å²) in [7, 11) is 1.70. The molecule has 0 bridgehead atoms. The third-order valence-electron chi connectivity index (χ3n) is 3.63. The van der Waals surface area contributed by atoms with E-state index in [1.54, 1.807) is 18.0 Å². The second kappa shape index (κ2) is 6.01. The lowest BCUT2D eigenvalue weighted by molar-refractivity contribution is -0.137. The van der Waals surface area contributed by atoms with Crippen LogP contribution in [0.4, 0.5) is 18.9 Å². The second-order valence-corrected chi connectivity index (χ2v) is 5.16. The molecule has 1 unspecified atom stereocenters. The normalized spacial score (nSPS) is 19.6. The Kier molecular flexibility index (Phi) is 4.55. The van der Waals surface area contributed by atoms with Crippen molar-refractivity contribution in [3.63, 3.8) is 0 Å². The van der Waals surface area contributed by atoms with Gasteiger partial charge >= 0.3 is 6.18 Å². The first-order chi connectivity index (χ1) is 9.45. The van der Waals surface area contributed by atoms with Gasteiger partial charge in [-0.25, -0.2) is 0 Å². The number of anilines is 1. The van der Waals surface area contributed by atoms with Gasteiger partial charge in [0.1, 0.15) is 0 Å². The van der Waals surface area contributed by atoms with E-state index in [4.69, 9.17) is 5.11 Å². The highest BCUT2D eigenvalue weighted by Crippen LogP contribution is 2.38. The van der Waals surface area contributed by atoms with Crippen LogP contribution in [0.15, 0.2) is 18.2 Å². The van der Waals surface area contributed by atoms with Crippen molar-refractivity contribution < 1.29 is 18.3 Å². The van der Waals surface area contributed by atoms with E-state index < -0.39 is 11.7 Å². The number of nitrogens with zero attached hydrogens (tertiary/aromatic N) is 1. The molecule has 3 nitrogen and oxygen atoms in total. The molecule has 112 valence electrons. The predicted octanol–water partition coefficient (Wildman–Crippen LogP) is 2.24. The molecule has 2 N–H and O–H groups in total. The summed E-state index contributed by atoms with van der Waals surface area (Å²) in [5, 5.41) is 12.0. The van der Waals surface area contributed by atoms with Gasteiger partial charge in [-0.15, -0.1) is 0 Å². The van der Waals surface area contributed by atoms with Gasteiger partial charge in [0.2, 0.25) is 0 Å². The van der Waals surface area contributed by atoms with Crippen molar-refractivity contribution in [2.75, 3.05) is 31.6 Å². The first-order valence-electron chi connectivity index (χ1n) is 6.66. The second-order valence-electron chi connectivity index (χ2n) is 5.16. The summed E-state index contributed by atoms with van der Waals surface area (Å²) >= 11 is 0. The number of nitrogens with one attached hydrogen (secondary N) is 1. The quantitative estimate of drug-likeness (QED) is 0.892. The Bertz CT molecular complexity index is 462. The standard InChI is InChI=1S/C14H19F3N2O/c1-18-7-10-2-3-13(12(6-10)14(15,16)17)19-5-4-11(8-19)9-20/h2-3,6,11,18,20H,4-5,7-9H2,1H3. The molecule has 0 aromatic heterocycles. The molecule has 1 aliphatic rings. The Hall–Kier alpha value is -1.27. The summed E-state index contributed by atoms with van der Waals surface area (Å²) in [6.07, 6.45) is -3.64. The topological polar surface area (TPSA) is 35.5 Å². The van der Waals surface area contributed by atoms with Crippen molar-refractivity contribution in [2.45, 2.75) is 19.1 Å². The summed E-state index contributed by atoms with van der Waals surface area (Å²) in [6, 6.07) is 4.46. The van der Waals surface area contributed by atoms with Crippen LogP contribution in [0.2, 0.25) is 0 Å². The average molecular weight is 288 g/mol. The molecule has 1 aromatic rings. The number of hydrogen-bond donors (Lipinski definition) is 2. The van der Waals surface area contributed by atoms with E-state index in [-0.39, 0.29) is 18.2 Å². The Balaban J connectivity index is 2.32. The highest BCUT2D eigenvalue weighted by atomic mass is 19.4. The van der Waals surface area contributed by atoms with Crippen LogP contribution in [0.3, 0.4) is 0 Å². The summed E-state index contributed by atoms with van der Waals surface area (Å²) in [4.78, 5) is 1.72. The fourth-order valence-electron chi connectivity index (χ4n) is 2.60. The van der Waals surface area contributed by atoms with Crippen LogP contribution >= 0.6 is 0 Å². The number of alkyl halides is 3. The van der Waals surface area contributed by atoms with Gasteiger partial charge in [0.15, 0.2) is 0 Å². The maximum absolute atomic E-state index is 13.2. The van der Waals surface area contributed by atoms with Crippen molar-refractivity contribution in [3.05, 3.63) is 29.3 Å². The van der Waals surface area contributed by atoms with E-state index in [1.165, 1.54) is 12.1 Å². The maximum Gasteiger partial charge on any atom is 0.418 e. The summed E-state index contributed by atoms with van der Waals surface area (Å²) in [5.74, 6) is 0.0630. The third kappa shape index (κ3) is 3.24. The molecule has 0 amide bonds. The zero-order valence-corrected chi connectivity index (χ0v) is 11.4. The predicted molar refractivity (Wildman–Crippen MR) is 71.6 cm³/mol. The maximum atomic E-state index is 13.2. The lowest BCUT2D eigenvalue weighted by Crippen LogP contribution is -2.24. The van der Waals surface area contributed by atoms with Gasteiger partial charge < -0.3 is 15.3 Å². The van der Waals surface area contributed by atoms with Crippen LogP contribution in [0.1, 0.15) is 17.5 Å². The molecular weight excluding hydrogens is 269 g/mol. The largest absolute Gasteiger partial charge is 0.418 e. The van der Waals surface area contributed by atoms with Gasteiger partial charge in [-0.2, -0.15) is 13.2 Å². The molecule has 2 rings (SSSR count). The van der Waals surface area contributed by atoms with Crippen molar-refractivity contribution in [1.29, 1.82) is 0 Å². The summed E-state index contributed by atoms with van der Waals surface area (Å²) in [5.41, 5.74) is 0.235. The molecule has 1 saturated heterocycles. The Morgan fingerprint density at radius 1 is 1.40 bits per heavy atom. The number of hydrogen-bond acceptors (Lipinski definition) is 3. The SMILES string of the molecule is CNCc1ccc(N2CCC(CO)C2)c(C(F)(F)F)c1. The third-order valence-corrected chi connectivity index (χ3v) is 3.63. The summed E-state index contributed by atoms with van der Waals surface area (Å²) < 4.78 is 39.6. The van der Waals surface area contributed by atoms with Crippen LogP contribution in [0.5, 0.6) is 0 Å². The molecule has 20 heavy (non-hydrogen) atoms. The zero-order chi connectivity index (χ0) is 14.8. The lowest BCUT2D eigenvalue weighted by Gasteiger charge is -2.24. The molecule has 1 fully saturated rings. The molecule has 0 saturated carbocycles. The van der Waals surface area contributed by atoms with Gasteiger partial charge in [0, 0.05) is 37.8 Å².